The normalized spacial score (nSPS) is 18.0. The zero-order valence-corrected chi connectivity index (χ0v) is 12.0. The van der Waals surface area contributed by atoms with E-state index < -0.39 is 0 Å². The maximum absolute atomic E-state index is 5.39. The van der Waals surface area contributed by atoms with Gasteiger partial charge in [-0.2, -0.15) is 9.67 Å². The molecule has 1 fully saturated rings. The Labute approximate surface area is 126 Å². The van der Waals surface area contributed by atoms with Crippen molar-refractivity contribution in [2.75, 3.05) is 13.2 Å². The van der Waals surface area contributed by atoms with Crippen molar-refractivity contribution in [3.8, 4) is 17.1 Å². The van der Waals surface area contributed by atoms with Gasteiger partial charge < -0.3 is 9.26 Å². The largest absolute Gasteiger partial charge is 0.381 e. The molecular formula is C14H14N6O2. The molecule has 3 heterocycles. The van der Waals surface area contributed by atoms with E-state index in [1.165, 1.54) is 0 Å². The number of aryl methyl sites for hydroxylation is 1. The Hall–Kier alpha value is -2.61. The monoisotopic (exact) mass is 298 g/mol. The fraction of sp³-hybridized carbons (Fsp3) is 0.357. The van der Waals surface area contributed by atoms with Crippen LogP contribution in [0.2, 0.25) is 0 Å². The molecule has 0 N–H and O–H groups in total. The Kier molecular flexibility index (Phi) is 3.15. The average molecular weight is 298 g/mol. The summed E-state index contributed by atoms with van der Waals surface area (Å²) in [5.41, 5.74) is 1.69. The quantitative estimate of drug-likeness (QED) is 0.724. The second-order valence-electron chi connectivity index (χ2n) is 5.21. The van der Waals surface area contributed by atoms with Gasteiger partial charge in [0.25, 0.3) is 5.89 Å². The molecule has 1 aromatic carbocycles. The van der Waals surface area contributed by atoms with Gasteiger partial charge in [0.15, 0.2) is 11.6 Å². The molecule has 1 saturated heterocycles. The highest BCUT2D eigenvalue weighted by Gasteiger charge is 2.23. The lowest BCUT2D eigenvalue weighted by Gasteiger charge is -2.02. The van der Waals surface area contributed by atoms with Gasteiger partial charge in [0.05, 0.1) is 12.3 Å². The first-order chi connectivity index (χ1) is 10.8. The summed E-state index contributed by atoms with van der Waals surface area (Å²) in [4.78, 5) is 4.49. The van der Waals surface area contributed by atoms with Crippen LogP contribution in [-0.4, -0.2) is 43.6 Å². The molecule has 1 unspecified atom stereocenters. The van der Waals surface area contributed by atoms with E-state index in [1.54, 1.807) is 4.68 Å². The maximum Gasteiger partial charge on any atom is 0.258 e. The maximum atomic E-state index is 5.39. The van der Waals surface area contributed by atoms with Crippen LogP contribution in [0.4, 0.5) is 0 Å². The minimum Gasteiger partial charge on any atom is -0.381 e. The molecule has 8 heteroatoms. The standard InChI is InChI=1S/C14H14N6O2/c1-9-16-18-19-20(9)12-4-2-3-10(7-12)14-15-13(17-22-14)11-5-6-21-8-11/h2-4,7,11H,5-6,8H2,1H3. The molecule has 0 saturated carbocycles. The lowest BCUT2D eigenvalue weighted by atomic mass is 10.1. The molecule has 4 rings (SSSR count). The van der Waals surface area contributed by atoms with E-state index in [2.05, 4.69) is 25.7 Å². The molecule has 22 heavy (non-hydrogen) atoms. The second-order valence-corrected chi connectivity index (χ2v) is 5.21. The third-order valence-electron chi connectivity index (χ3n) is 3.70. The Balaban J connectivity index is 1.67. The number of nitrogens with zero attached hydrogens (tertiary/aromatic N) is 6. The van der Waals surface area contributed by atoms with Crippen LogP contribution in [0, 0.1) is 6.92 Å². The molecule has 0 bridgehead atoms. The highest BCUT2D eigenvalue weighted by Crippen LogP contribution is 2.26. The fourth-order valence-corrected chi connectivity index (χ4v) is 2.50. The molecule has 3 aromatic rings. The second kappa shape index (κ2) is 5.30. The third-order valence-corrected chi connectivity index (χ3v) is 3.70. The van der Waals surface area contributed by atoms with Gasteiger partial charge >= 0.3 is 0 Å². The van der Waals surface area contributed by atoms with E-state index in [0.717, 1.165) is 24.3 Å². The molecule has 0 radical (unpaired) electrons. The molecule has 0 spiro atoms. The van der Waals surface area contributed by atoms with Gasteiger partial charge in [-0.3, -0.25) is 0 Å². The first-order valence-corrected chi connectivity index (χ1v) is 7.08. The molecule has 1 aliphatic heterocycles. The first kappa shape index (κ1) is 13.1. The van der Waals surface area contributed by atoms with Crippen molar-refractivity contribution in [2.45, 2.75) is 19.3 Å². The van der Waals surface area contributed by atoms with E-state index in [1.807, 2.05) is 31.2 Å². The van der Waals surface area contributed by atoms with Gasteiger partial charge in [-0.25, -0.2) is 0 Å². The fourth-order valence-electron chi connectivity index (χ4n) is 2.50. The number of ether oxygens (including phenoxy) is 1. The van der Waals surface area contributed by atoms with E-state index in [9.17, 15) is 0 Å². The Morgan fingerprint density at radius 1 is 1.32 bits per heavy atom. The number of hydrogen-bond donors (Lipinski definition) is 0. The van der Waals surface area contributed by atoms with Gasteiger partial charge in [0.2, 0.25) is 0 Å². The molecule has 0 amide bonds. The predicted octanol–water partition coefficient (Wildman–Crippen LogP) is 1.52. The average Bonchev–Trinajstić information content (AvgIpc) is 3.28. The van der Waals surface area contributed by atoms with Crippen molar-refractivity contribution in [3.63, 3.8) is 0 Å². The van der Waals surface area contributed by atoms with Crippen LogP contribution in [0.5, 0.6) is 0 Å². The van der Waals surface area contributed by atoms with Crippen molar-refractivity contribution >= 4 is 0 Å². The summed E-state index contributed by atoms with van der Waals surface area (Å²) in [6.07, 6.45) is 0.933. The van der Waals surface area contributed by atoms with Crippen LogP contribution in [0.3, 0.4) is 0 Å². The van der Waals surface area contributed by atoms with Gasteiger partial charge in [-0.15, -0.1) is 5.10 Å². The Bertz CT molecular complexity index is 790. The van der Waals surface area contributed by atoms with Crippen LogP contribution >= 0.6 is 0 Å². The Morgan fingerprint density at radius 3 is 3.05 bits per heavy atom. The molecule has 0 aliphatic carbocycles. The minimum absolute atomic E-state index is 0.224. The number of hydrogen-bond acceptors (Lipinski definition) is 7. The summed E-state index contributed by atoms with van der Waals surface area (Å²) < 4.78 is 12.4. The Morgan fingerprint density at radius 2 is 2.27 bits per heavy atom. The summed E-state index contributed by atoms with van der Waals surface area (Å²) in [5, 5.41) is 15.6. The summed E-state index contributed by atoms with van der Waals surface area (Å²) >= 11 is 0. The van der Waals surface area contributed by atoms with E-state index in [-0.39, 0.29) is 5.92 Å². The molecule has 8 nitrogen and oxygen atoms in total. The summed E-state index contributed by atoms with van der Waals surface area (Å²) in [5.74, 6) is 2.14. The number of rotatable bonds is 3. The molecular weight excluding hydrogens is 284 g/mol. The molecule has 1 atom stereocenters. The first-order valence-electron chi connectivity index (χ1n) is 7.08. The van der Waals surface area contributed by atoms with Crippen LogP contribution in [0.25, 0.3) is 17.1 Å². The zero-order valence-electron chi connectivity index (χ0n) is 12.0. The van der Waals surface area contributed by atoms with E-state index in [4.69, 9.17) is 9.26 Å². The SMILES string of the molecule is Cc1nnnn1-c1cccc(-c2nc(C3CCOC3)no2)c1. The van der Waals surface area contributed by atoms with Gasteiger partial charge in [-0.1, -0.05) is 11.2 Å². The topological polar surface area (TPSA) is 91.8 Å². The van der Waals surface area contributed by atoms with Crippen LogP contribution in [0.1, 0.15) is 24.0 Å². The van der Waals surface area contributed by atoms with Crippen molar-refractivity contribution < 1.29 is 9.26 Å². The van der Waals surface area contributed by atoms with Crippen molar-refractivity contribution in [1.29, 1.82) is 0 Å². The van der Waals surface area contributed by atoms with Crippen LogP contribution in [0.15, 0.2) is 28.8 Å². The number of aromatic nitrogens is 6. The number of benzene rings is 1. The highest BCUT2D eigenvalue weighted by atomic mass is 16.5. The lowest BCUT2D eigenvalue weighted by molar-refractivity contribution is 0.192. The van der Waals surface area contributed by atoms with Gasteiger partial charge in [-0.05, 0) is 42.0 Å². The van der Waals surface area contributed by atoms with Crippen LogP contribution in [-0.2, 0) is 4.74 Å². The summed E-state index contributed by atoms with van der Waals surface area (Å²) in [6.45, 7) is 3.25. The van der Waals surface area contributed by atoms with Gasteiger partial charge in [0.1, 0.15) is 0 Å². The summed E-state index contributed by atoms with van der Waals surface area (Å²) in [7, 11) is 0. The highest BCUT2D eigenvalue weighted by molar-refractivity contribution is 5.57. The van der Waals surface area contributed by atoms with Crippen molar-refractivity contribution in [1.82, 2.24) is 30.3 Å². The van der Waals surface area contributed by atoms with E-state index >= 15 is 0 Å². The summed E-state index contributed by atoms with van der Waals surface area (Å²) in [6, 6.07) is 7.68. The molecule has 1 aliphatic rings. The molecule has 2 aromatic heterocycles. The molecule has 112 valence electrons. The smallest absolute Gasteiger partial charge is 0.258 e. The van der Waals surface area contributed by atoms with Crippen LogP contribution < -0.4 is 0 Å². The minimum atomic E-state index is 0.224. The zero-order chi connectivity index (χ0) is 14.9. The lowest BCUT2D eigenvalue weighted by Crippen LogP contribution is -2.00. The third kappa shape index (κ3) is 2.27. The van der Waals surface area contributed by atoms with Crippen molar-refractivity contribution in [3.05, 3.63) is 35.9 Å². The van der Waals surface area contributed by atoms with Crippen molar-refractivity contribution in [2.24, 2.45) is 0 Å². The number of tetrazole rings is 1. The van der Waals surface area contributed by atoms with Gasteiger partial charge in [0, 0.05) is 18.1 Å². The van der Waals surface area contributed by atoms with E-state index in [0.29, 0.717) is 24.1 Å². The predicted molar refractivity (Wildman–Crippen MR) is 75.4 cm³/mol.